The zero-order valence-corrected chi connectivity index (χ0v) is 18.4. The number of aryl methyl sites for hydroxylation is 1. The Morgan fingerprint density at radius 1 is 1.20 bits per heavy atom. The molecule has 0 saturated carbocycles. The summed E-state index contributed by atoms with van der Waals surface area (Å²) in [5.74, 6) is 0.490. The molecule has 0 spiro atoms. The molecule has 0 aliphatic carbocycles. The van der Waals surface area contributed by atoms with E-state index < -0.39 is 5.41 Å². The molecule has 1 saturated heterocycles. The molecular weight excluding hydrogens is 402 g/mol. The fourth-order valence-corrected chi connectivity index (χ4v) is 3.84. The first-order chi connectivity index (χ1) is 14.3. The highest BCUT2D eigenvalue weighted by Gasteiger charge is 2.39. The zero-order chi connectivity index (χ0) is 21.7. The minimum absolute atomic E-state index is 0.0408. The van der Waals surface area contributed by atoms with Gasteiger partial charge in [-0.15, -0.1) is 0 Å². The molecule has 1 heterocycles. The number of carbonyl (C=O) groups is 2. The molecule has 6 nitrogen and oxygen atoms in total. The van der Waals surface area contributed by atoms with Crippen LogP contribution in [-0.2, 0) is 11.3 Å². The van der Waals surface area contributed by atoms with Crippen molar-refractivity contribution in [2.75, 3.05) is 25.5 Å². The number of methoxy groups -OCH3 is 1. The SMILES string of the molecule is COc1ccc(Cl)cc1NC(=O)N1CCC[C@](C)(C(=O)NCc2ccc(C)cc2)C1. The van der Waals surface area contributed by atoms with Gasteiger partial charge in [-0.25, -0.2) is 4.79 Å². The number of piperidine rings is 1. The van der Waals surface area contributed by atoms with Gasteiger partial charge in [-0.3, -0.25) is 4.79 Å². The van der Waals surface area contributed by atoms with E-state index in [4.69, 9.17) is 16.3 Å². The minimum Gasteiger partial charge on any atom is -0.495 e. The van der Waals surface area contributed by atoms with Gasteiger partial charge in [-0.1, -0.05) is 41.4 Å². The first-order valence-corrected chi connectivity index (χ1v) is 10.4. The Kier molecular flexibility index (Phi) is 6.87. The molecule has 2 aromatic rings. The van der Waals surface area contributed by atoms with E-state index in [0.717, 1.165) is 18.4 Å². The first-order valence-electron chi connectivity index (χ1n) is 10.0. The standard InChI is InChI=1S/C23H28ClN3O3/c1-16-5-7-17(8-6-16)14-25-21(28)23(2)11-4-12-27(15-23)22(29)26-19-13-18(24)9-10-20(19)30-3/h5-10,13H,4,11-12,14-15H2,1-3H3,(H,25,28)(H,26,29)/t23-/m0/s1. The number of urea groups is 1. The van der Waals surface area contributed by atoms with E-state index in [1.807, 2.05) is 38.1 Å². The summed E-state index contributed by atoms with van der Waals surface area (Å²) in [5.41, 5.74) is 2.10. The first kappa shape index (κ1) is 22.0. The molecule has 3 rings (SSSR count). The Bertz CT molecular complexity index is 916. The quantitative estimate of drug-likeness (QED) is 0.729. The lowest BCUT2D eigenvalue weighted by atomic mass is 9.81. The molecule has 1 aliphatic heterocycles. The van der Waals surface area contributed by atoms with Gasteiger partial charge in [0.05, 0.1) is 18.2 Å². The third-order valence-electron chi connectivity index (χ3n) is 5.51. The van der Waals surface area contributed by atoms with Crippen molar-refractivity contribution < 1.29 is 14.3 Å². The summed E-state index contributed by atoms with van der Waals surface area (Å²) >= 11 is 6.05. The molecule has 0 unspecified atom stereocenters. The van der Waals surface area contributed by atoms with E-state index in [-0.39, 0.29) is 11.9 Å². The van der Waals surface area contributed by atoms with Crippen molar-refractivity contribution in [2.45, 2.75) is 33.2 Å². The van der Waals surface area contributed by atoms with Crippen molar-refractivity contribution in [1.82, 2.24) is 10.2 Å². The van der Waals surface area contributed by atoms with Gasteiger partial charge in [0.15, 0.2) is 0 Å². The Morgan fingerprint density at radius 3 is 2.63 bits per heavy atom. The van der Waals surface area contributed by atoms with Gasteiger partial charge in [0, 0.05) is 24.7 Å². The highest BCUT2D eigenvalue weighted by atomic mass is 35.5. The summed E-state index contributed by atoms with van der Waals surface area (Å²) in [6.45, 7) is 5.36. The molecule has 2 aromatic carbocycles. The number of likely N-dealkylation sites (tertiary alicyclic amines) is 1. The summed E-state index contributed by atoms with van der Waals surface area (Å²) in [4.78, 5) is 27.5. The highest BCUT2D eigenvalue weighted by Crippen LogP contribution is 2.32. The van der Waals surface area contributed by atoms with Crippen LogP contribution in [0.25, 0.3) is 0 Å². The molecule has 0 bridgehead atoms. The fourth-order valence-electron chi connectivity index (χ4n) is 3.67. The summed E-state index contributed by atoms with van der Waals surface area (Å²) in [6.07, 6.45) is 1.49. The third-order valence-corrected chi connectivity index (χ3v) is 5.74. The number of hydrogen-bond acceptors (Lipinski definition) is 3. The van der Waals surface area contributed by atoms with Crippen LogP contribution in [0, 0.1) is 12.3 Å². The second kappa shape index (κ2) is 9.39. The predicted octanol–water partition coefficient (Wildman–Crippen LogP) is 4.61. The topological polar surface area (TPSA) is 70.7 Å². The predicted molar refractivity (Wildman–Crippen MR) is 119 cm³/mol. The van der Waals surface area contributed by atoms with Crippen LogP contribution < -0.4 is 15.4 Å². The monoisotopic (exact) mass is 429 g/mol. The molecule has 160 valence electrons. The van der Waals surface area contributed by atoms with Crippen molar-refractivity contribution in [3.05, 3.63) is 58.6 Å². The molecule has 0 radical (unpaired) electrons. The van der Waals surface area contributed by atoms with Crippen molar-refractivity contribution in [3.8, 4) is 5.75 Å². The second-order valence-electron chi connectivity index (χ2n) is 8.03. The maximum absolute atomic E-state index is 12.9. The lowest BCUT2D eigenvalue weighted by molar-refractivity contribution is -0.132. The van der Waals surface area contributed by atoms with Gasteiger partial charge in [0.25, 0.3) is 0 Å². The van der Waals surface area contributed by atoms with E-state index >= 15 is 0 Å². The van der Waals surface area contributed by atoms with Crippen LogP contribution in [0.4, 0.5) is 10.5 Å². The van der Waals surface area contributed by atoms with Gasteiger partial charge < -0.3 is 20.3 Å². The average molecular weight is 430 g/mol. The number of anilines is 1. The van der Waals surface area contributed by atoms with Gasteiger partial charge in [-0.2, -0.15) is 0 Å². The number of ether oxygens (including phenoxy) is 1. The zero-order valence-electron chi connectivity index (χ0n) is 17.6. The van der Waals surface area contributed by atoms with E-state index in [2.05, 4.69) is 10.6 Å². The van der Waals surface area contributed by atoms with E-state index in [9.17, 15) is 9.59 Å². The molecule has 3 amide bonds. The molecular formula is C23H28ClN3O3. The number of hydrogen-bond donors (Lipinski definition) is 2. The number of nitrogens with zero attached hydrogens (tertiary/aromatic N) is 1. The molecule has 2 N–H and O–H groups in total. The Balaban J connectivity index is 1.63. The molecule has 1 aliphatic rings. The summed E-state index contributed by atoms with van der Waals surface area (Å²) in [7, 11) is 1.54. The number of nitrogens with one attached hydrogen (secondary N) is 2. The summed E-state index contributed by atoms with van der Waals surface area (Å²) in [5, 5.41) is 6.39. The van der Waals surface area contributed by atoms with Crippen LogP contribution >= 0.6 is 11.6 Å². The van der Waals surface area contributed by atoms with Crippen molar-refractivity contribution in [1.29, 1.82) is 0 Å². The molecule has 1 atom stereocenters. The number of amides is 3. The number of benzene rings is 2. The molecule has 0 aromatic heterocycles. The smallest absolute Gasteiger partial charge is 0.321 e. The van der Waals surface area contributed by atoms with Crippen molar-refractivity contribution in [2.24, 2.45) is 5.41 Å². The maximum Gasteiger partial charge on any atom is 0.321 e. The lowest BCUT2D eigenvalue weighted by Crippen LogP contribution is -2.52. The largest absolute Gasteiger partial charge is 0.495 e. The lowest BCUT2D eigenvalue weighted by Gasteiger charge is -2.39. The second-order valence-corrected chi connectivity index (χ2v) is 8.47. The molecule has 30 heavy (non-hydrogen) atoms. The van der Waals surface area contributed by atoms with E-state index in [0.29, 0.717) is 36.1 Å². The Hall–Kier alpha value is -2.73. The fraction of sp³-hybridized carbons (Fsp3) is 0.391. The summed E-state index contributed by atoms with van der Waals surface area (Å²) < 4.78 is 5.29. The van der Waals surface area contributed by atoms with E-state index in [1.54, 1.807) is 23.1 Å². The third kappa shape index (κ3) is 5.25. The maximum atomic E-state index is 12.9. The Labute approximate surface area is 182 Å². The van der Waals surface area contributed by atoms with Gasteiger partial charge >= 0.3 is 6.03 Å². The van der Waals surface area contributed by atoms with Crippen LogP contribution in [0.15, 0.2) is 42.5 Å². The summed E-state index contributed by atoms with van der Waals surface area (Å²) in [6, 6.07) is 12.9. The van der Waals surface area contributed by atoms with Crippen molar-refractivity contribution in [3.63, 3.8) is 0 Å². The van der Waals surface area contributed by atoms with Crippen LogP contribution in [0.1, 0.15) is 30.9 Å². The van der Waals surface area contributed by atoms with E-state index in [1.165, 1.54) is 12.7 Å². The van der Waals surface area contributed by atoms with Crippen molar-refractivity contribution >= 4 is 29.2 Å². The van der Waals surface area contributed by atoms with Crippen LogP contribution in [0.5, 0.6) is 5.75 Å². The van der Waals surface area contributed by atoms with Crippen LogP contribution in [0.2, 0.25) is 5.02 Å². The average Bonchev–Trinajstić information content (AvgIpc) is 2.73. The highest BCUT2D eigenvalue weighted by molar-refractivity contribution is 6.31. The molecule has 1 fully saturated rings. The number of halogens is 1. The van der Waals surface area contributed by atoms with Crippen LogP contribution in [-0.4, -0.2) is 37.0 Å². The molecule has 7 heteroatoms. The number of rotatable bonds is 5. The van der Waals surface area contributed by atoms with Gasteiger partial charge in [0.1, 0.15) is 5.75 Å². The normalized spacial score (nSPS) is 18.6. The minimum atomic E-state index is -0.640. The van der Waals surface area contributed by atoms with Crippen LogP contribution in [0.3, 0.4) is 0 Å². The number of carbonyl (C=O) groups excluding carboxylic acids is 2. The van der Waals surface area contributed by atoms with Gasteiger partial charge in [-0.05, 0) is 50.5 Å². The van der Waals surface area contributed by atoms with Gasteiger partial charge in [0.2, 0.25) is 5.91 Å². The Morgan fingerprint density at radius 2 is 1.93 bits per heavy atom.